The highest BCUT2D eigenvalue weighted by Crippen LogP contribution is 2.27. The standard InChI is InChI=1S/C19H18F4N6O2/c1-3-28(12(2)11-31-17-10-24-16(9-25-17)19(21,22)23)18(30)14-8-13(20)4-5-15(14)29-26-6-7-27-29/h4-10,12H,3,11H2,1-2H3/t12-/m0/s1. The van der Waals surface area contributed by atoms with Crippen LogP contribution < -0.4 is 4.74 Å². The Morgan fingerprint density at radius 2 is 1.90 bits per heavy atom. The number of ether oxygens (including phenoxy) is 1. The van der Waals surface area contributed by atoms with E-state index in [9.17, 15) is 22.4 Å². The molecular formula is C19H18F4N6O2. The number of rotatable bonds is 7. The smallest absolute Gasteiger partial charge is 0.434 e. The highest BCUT2D eigenvalue weighted by molar-refractivity contribution is 5.97. The van der Waals surface area contributed by atoms with E-state index < -0.39 is 29.6 Å². The Hall–Kier alpha value is -3.57. The molecule has 0 saturated heterocycles. The van der Waals surface area contributed by atoms with Crippen molar-refractivity contribution in [2.24, 2.45) is 0 Å². The SMILES string of the molecule is CCN(C(=O)c1cc(F)ccc1-n1nccn1)[C@@H](C)COc1cnc(C(F)(F)F)cn1. The van der Waals surface area contributed by atoms with E-state index in [0.717, 1.165) is 12.3 Å². The summed E-state index contributed by atoms with van der Waals surface area (Å²) in [7, 11) is 0. The summed E-state index contributed by atoms with van der Waals surface area (Å²) in [4.78, 5) is 22.6. The van der Waals surface area contributed by atoms with Crippen LogP contribution >= 0.6 is 0 Å². The van der Waals surface area contributed by atoms with E-state index in [1.54, 1.807) is 13.8 Å². The molecule has 0 spiro atoms. The van der Waals surface area contributed by atoms with Gasteiger partial charge >= 0.3 is 6.18 Å². The molecule has 0 radical (unpaired) electrons. The third-order valence-electron chi connectivity index (χ3n) is 4.35. The zero-order valence-corrected chi connectivity index (χ0v) is 16.5. The first-order chi connectivity index (χ1) is 14.7. The topological polar surface area (TPSA) is 86.0 Å². The van der Waals surface area contributed by atoms with Crippen molar-refractivity contribution in [2.45, 2.75) is 26.1 Å². The van der Waals surface area contributed by atoms with Crippen LogP contribution in [0.15, 0.2) is 43.0 Å². The molecule has 8 nitrogen and oxygen atoms in total. The van der Waals surface area contributed by atoms with Crippen LogP contribution in [-0.4, -0.2) is 55.0 Å². The van der Waals surface area contributed by atoms with E-state index >= 15 is 0 Å². The van der Waals surface area contributed by atoms with Crippen LogP contribution in [0.4, 0.5) is 17.6 Å². The molecule has 0 aliphatic rings. The molecule has 0 bridgehead atoms. The summed E-state index contributed by atoms with van der Waals surface area (Å²) < 4.78 is 57.0. The number of carbonyl (C=O) groups excluding carboxylic acids is 1. The van der Waals surface area contributed by atoms with Crippen LogP contribution in [0.5, 0.6) is 5.88 Å². The van der Waals surface area contributed by atoms with Gasteiger partial charge < -0.3 is 9.64 Å². The number of nitrogens with zero attached hydrogens (tertiary/aromatic N) is 6. The maximum Gasteiger partial charge on any atom is 0.434 e. The average molecular weight is 438 g/mol. The van der Waals surface area contributed by atoms with E-state index in [-0.39, 0.29) is 24.6 Å². The van der Waals surface area contributed by atoms with E-state index in [1.807, 2.05) is 0 Å². The molecule has 0 N–H and O–H groups in total. The summed E-state index contributed by atoms with van der Waals surface area (Å²) in [5, 5.41) is 7.96. The predicted octanol–water partition coefficient (Wildman–Crippen LogP) is 3.14. The molecule has 0 aliphatic heterocycles. The number of hydrogen-bond donors (Lipinski definition) is 0. The number of hydrogen-bond acceptors (Lipinski definition) is 6. The highest BCUT2D eigenvalue weighted by atomic mass is 19.4. The fourth-order valence-corrected chi connectivity index (χ4v) is 2.84. The number of amides is 1. The second kappa shape index (κ2) is 9.06. The molecule has 3 rings (SSSR count). The van der Waals surface area contributed by atoms with E-state index in [4.69, 9.17) is 4.74 Å². The molecule has 0 saturated carbocycles. The van der Waals surface area contributed by atoms with Crippen molar-refractivity contribution in [1.29, 1.82) is 0 Å². The minimum atomic E-state index is -4.60. The monoisotopic (exact) mass is 438 g/mol. The highest BCUT2D eigenvalue weighted by Gasteiger charge is 2.33. The Morgan fingerprint density at radius 3 is 2.48 bits per heavy atom. The molecule has 1 aromatic carbocycles. The Labute approximate surface area is 174 Å². The molecule has 31 heavy (non-hydrogen) atoms. The molecule has 1 atom stereocenters. The number of aromatic nitrogens is 5. The lowest BCUT2D eigenvalue weighted by molar-refractivity contribution is -0.141. The van der Waals surface area contributed by atoms with Crippen molar-refractivity contribution < 1.29 is 27.1 Å². The first-order valence-electron chi connectivity index (χ1n) is 9.20. The lowest BCUT2D eigenvalue weighted by Gasteiger charge is -2.28. The van der Waals surface area contributed by atoms with Crippen LogP contribution in [0.3, 0.4) is 0 Å². The van der Waals surface area contributed by atoms with Crippen LogP contribution in [0.1, 0.15) is 29.9 Å². The number of benzene rings is 1. The Kier molecular flexibility index (Phi) is 6.47. The average Bonchev–Trinajstić information content (AvgIpc) is 3.27. The number of carbonyl (C=O) groups is 1. The van der Waals surface area contributed by atoms with Crippen LogP contribution in [0.2, 0.25) is 0 Å². The number of alkyl halides is 3. The fraction of sp³-hybridized carbons (Fsp3) is 0.316. The number of likely N-dealkylation sites (N-methyl/N-ethyl adjacent to an activating group) is 1. The summed E-state index contributed by atoms with van der Waals surface area (Å²) in [6, 6.07) is 3.18. The Bertz CT molecular complexity index is 1020. The van der Waals surface area contributed by atoms with E-state index in [2.05, 4.69) is 20.2 Å². The lowest BCUT2D eigenvalue weighted by atomic mass is 10.1. The van der Waals surface area contributed by atoms with Crippen LogP contribution in [0.25, 0.3) is 5.69 Å². The van der Waals surface area contributed by atoms with Crippen molar-refractivity contribution in [2.75, 3.05) is 13.2 Å². The van der Waals surface area contributed by atoms with Crippen LogP contribution in [-0.2, 0) is 6.18 Å². The van der Waals surface area contributed by atoms with Gasteiger partial charge in [0.25, 0.3) is 5.91 Å². The molecule has 2 heterocycles. The van der Waals surface area contributed by atoms with Gasteiger partial charge in [0.1, 0.15) is 12.4 Å². The van der Waals surface area contributed by atoms with Crippen molar-refractivity contribution in [3.05, 3.63) is 60.1 Å². The molecule has 164 valence electrons. The molecule has 1 amide bonds. The minimum absolute atomic E-state index is 0.0548. The lowest BCUT2D eigenvalue weighted by Crippen LogP contribution is -2.42. The predicted molar refractivity (Wildman–Crippen MR) is 100 cm³/mol. The van der Waals surface area contributed by atoms with Crippen molar-refractivity contribution in [3.8, 4) is 11.6 Å². The zero-order valence-electron chi connectivity index (χ0n) is 16.5. The normalized spacial score (nSPS) is 12.5. The minimum Gasteiger partial charge on any atom is -0.474 e. The Morgan fingerprint density at radius 1 is 1.19 bits per heavy atom. The van der Waals surface area contributed by atoms with Gasteiger partial charge in [0, 0.05) is 6.54 Å². The van der Waals surface area contributed by atoms with E-state index in [0.29, 0.717) is 11.9 Å². The molecule has 3 aromatic rings. The second-order valence-corrected chi connectivity index (χ2v) is 6.47. The molecule has 0 aliphatic carbocycles. The maximum absolute atomic E-state index is 13.9. The van der Waals surface area contributed by atoms with Gasteiger partial charge in [0.15, 0.2) is 5.69 Å². The van der Waals surface area contributed by atoms with Gasteiger partial charge in [-0.2, -0.15) is 28.2 Å². The molecule has 0 fully saturated rings. The van der Waals surface area contributed by atoms with Gasteiger partial charge in [0.2, 0.25) is 5.88 Å². The summed E-state index contributed by atoms with van der Waals surface area (Å²) in [6.45, 7) is 3.62. The van der Waals surface area contributed by atoms with Gasteiger partial charge in [-0.25, -0.2) is 14.4 Å². The first-order valence-corrected chi connectivity index (χ1v) is 9.20. The zero-order chi connectivity index (χ0) is 22.6. The van der Waals surface area contributed by atoms with Gasteiger partial charge in [-0.1, -0.05) is 0 Å². The summed E-state index contributed by atoms with van der Waals surface area (Å²) >= 11 is 0. The number of halogens is 4. The van der Waals surface area contributed by atoms with Crippen molar-refractivity contribution >= 4 is 5.91 Å². The van der Waals surface area contributed by atoms with Crippen molar-refractivity contribution in [3.63, 3.8) is 0 Å². The molecule has 2 aromatic heterocycles. The summed E-state index contributed by atoms with van der Waals surface area (Å²) in [6.07, 6.45) is -0.315. The van der Waals surface area contributed by atoms with Gasteiger partial charge in [-0.05, 0) is 32.0 Å². The van der Waals surface area contributed by atoms with Crippen molar-refractivity contribution in [1.82, 2.24) is 29.9 Å². The third kappa shape index (κ3) is 5.13. The molecule has 0 unspecified atom stereocenters. The Balaban J connectivity index is 1.74. The fourth-order valence-electron chi connectivity index (χ4n) is 2.84. The molecule has 12 heteroatoms. The van der Waals surface area contributed by atoms with Crippen LogP contribution in [0, 0.1) is 5.82 Å². The second-order valence-electron chi connectivity index (χ2n) is 6.47. The van der Waals surface area contributed by atoms with Gasteiger partial charge in [-0.3, -0.25) is 4.79 Å². The summed E-state index contributed by atoms with van der Waals surface area (Å²) in [5.74, 6) is -1.20. The summed E-state index contributed by atoms with van der Waals surface area (Å²) in [5.41, 5.74) is -0.778. The van der Waals surface area contributed by atoms with E-state index in [1.165, 1.54) is 34.2 Å². The maximum atomic E-state index is 13.9. The molecular weight excluding hydrogens is 420 g/mol. The quantitative estimate of drug-likeness (QED) is 0.527. The van der Waals surface area contributed by atoms with Gasteiger partial charge in [0.05, 0.1) is 42.1 Å². The third-order valence-corrected chi connectivity index (χ3v) is 4.35. The first kappa shape index (κ1) is 22.1. The largest absolute Gasteiger partial charge is 0.474 e. The van der Waals surface area contributed by atoms with Gasteiger partial charge in [-0.15, -0.1) is 0 Å².